The molecule has 0 radical (unpaired) electrons. The van der Waals surface area contributed by atoms with Gasteiger partial charge in [0.1, 0.15) is 0 Å². The first-order valence-electron chi connectivity index (χ1n) is 7.42. The van der Waals surface area contributed by atoms with Gasteiger partial charge in [0.2, 0.25) is 0 Å². The fraction of sp³-hybridized carbons (Fsp3) is 0.294. The summed E-state index contributed by atoms with van der Waals surface area (Å²) >= 11 is 7.13. The van der Waals surface area contributed by atoms with Gasteiger partial charge in [-0.15, -0.1) is 11.8 Å². The Morgan fingerprint density at radius 1 is 1.26 bits per heavy atom. The molecule has 0 unspecified atom stereocenters. The number of methoxy groups -OCH3 is 1. The third-order valence-electron chi connectivity index (χ3n) is 3.12. The summed E-state index contributed by atoms with van der Waals surface area (Å²) in [5.41, 5.74) is 1.29. The van der Waals surface area contributed by atoms with Crippen molar-refractivity contribution in [2.45, 2.75) is 18.2 Å². The fourth-order valence-electron chi connectivity index (χ4n) is 1.90. The van der Waals surface area contributed by atoms with E-state index >= 15 is 0 Å². The lowest BCUT2D eigenvalue weighted by Crippen LogP contribution is -2.30. The average Bonchev–Trinajstić information content (AvgIpc) is 2.57. The van der Waals surface area contributed by atoms with Crippen LogP contribution in [-0.2, 0) is 0 Å². The molecule has 0 saturated carbocycles. The van der Waals surface area contributed by atoms with E-state index in [1.807, 2.05) is 23.9 Å². The van der Waals surface area contributed by atoms with E-state index in [4.69, 9.17) is 17.0 Å². The molecule has 0 bridgehead atoms. The molecule has 0 amide bonds. The summed E-state index contributed by atoms with van der Waals surface area (Å²) in [6.45, 7) is 2.92. The van der Waals surface area contributed by atoms with Crippen LogP contribution in [0.15, 0.2) is 47.5 Å². The van der Waals surface area contributed by atoms with Crippen molar-refractivity contribution in [3.8, 4) is 5.75 Å². The van der Waals surface area contributed by atoms with Crippen LogP contribution in [0.25, 0.3) is 0 Å². The normalized spacial score (nSPS) is 10.2. The Hall–Kier alpha value is -1.79. The second-order valence-electron chi connectivity index (χ2n) is 4.95. The number of pyridine rings is 1. The Bertz CT molecular complexity index is 632. The molecule has 6 heteroatoms. The Balaban J connectivity index is 1.66. The summed E-state index contributed by atoms with van der Waals surface area (Å²) in [4.78, 5) is 5.51. The summed E-state index contributed by atoms with van der Waals surface area (Å²) in [6.07, 6.45) is 2.73. The zero-order valence-electron chi connectivity index (χ0n) is 13.3. The Morgan fingerprint density at radius 2 is 2.04 bits per heavy atom. The van der Waals surface area contributed by atoms with Crippen molar-refractivity contribution in [2.75, 3.05) is 24.7 Å². The predicted octanol–water partition coefficient (Wildman–Crippen LogP) is 3.87. The van der Waals surface area contributed by atoms with Crippen molar-refractivity contribution < 1.29 is 4.74 Å². The van der Waals surface area contributed by atoms with Gasteiger partial charge in [0.05, 0.1) is 7.11 Å². The van der Waals surface area contributed by atoms with Crippen LogP contribution in [-0.4, -0.2) is 29.5 Å². The highest BCUT2D eigenvalue weighted by molar-refractivity contribution is 7.99. The molecule has 2 N–H and O–H groups in total. The third-order valence-corrected chi connectivity index (χ3v) is 4.46. The summed E-state index contributed by atoms with van der Waals surface area (Å²) in [7, 11) is 1.61. The molecule has 1 aromatic heterocycles. The van der Waals surface area contributed by atoms with Gasteiger partial charge in [-0.05, 0) is 55.6 Å². The lowest BCUT2D eigenvalue weighted by atomic mass is 10.2. The molecule has 0 fully saturated rings. The second-order valence-corrected chi connectivity index (χ2v) is 6.53. The number of thiocarbonyl (C=S) groups is 1. The highest BCUT2D eigenvalue weighted by Crippen LogP contribution is 2.20. The molecule has 0 aliphatic rings. The molecule has 1 heterocycles. The van der Waals surface area contributed by atoms with Crippen LogP contribution in [0.4, 0.5) is 5.82 Å². The summed E-state index contributed by atoms with van der Waals surface area (Å²) in [5.74, 6) is 2.35. The zero-order chi connectivity index (χ0) is 16.5. The van der Waals surface area contributed by atoms with Gasteiger partial charge in [-0.3, -0.25) is 0 Å². The first kappa shape index (κ1) is 17.6. The van der Waals surface area contributed by atoms with Crippen LogP contribution < -0.4 is 15.4 Å². The fourth-order valence-corrected chi connectivity index (χ4v) is 2.95. The van der Waals surface area contributed by atoms with E-state index in [-0.39, 0.29) is 0 Å². The van der Waals surface area contributed by atoms with Gasteiger partial charge in [-0.25, -0.2) is 4.98 Å². The number of thioether (sulfide) groups is 1. The van der Waals surface area contributed by atoms with Crippen LogP contribution in [0.3, 0.4) is 0 Å². The molecule has 23 heavy (non-hydrogen) atoms. The minimum atomic E-state index is 0.558. The quantitative estimate of drug-likeness (QED) is 0.450. The summed E-state index contributed by atoms with van der Waals surface area (Å²) in [6, 6.07) is 12.3. The van der Waals surface area contributed by atoms with E-state index in [0.717, 1.165) is 18.7 Å². The van der Waals surface area contributed by atoms with Crippen molar-refractivity contribution in [1.29, 1.82) is 0 Å². The highest BCUT2D eigenvalue weighted by atomic mass is 32.2. The number of anilines is 1. The number of benzene rings is 1. The van der Waals surface area contributed by atoms with Crippen LogP contribution >= 0.6 is 24.0 Å². The molecular weight excluding hydrogens is 326 g/mol. The minimum Gasteiger partial charge on any atom is -0.493 e. The molecule has 122 valence electrons. The monoisotopic (exact) mass is 347 g/mol. The number of aryl methyl sites for hydroxylation is 1. The van der Waals surface area contributed by atoms with Gasteiger partial charge in [-0.2, -0.15) is 0 Å². The number of hydrogen-bond acceptors (Lipinski definition) is 4. The van der Waals surface area contributed by atoms with Crippen LogP contribution in [0.2, 0.25) is 0 Å². The van der Waals surface area contributed by atoms with Crippen LogP contribution in [0, 0.1) is 6.92 Å². The maximum atomic E-state index is 5.28. The molecule has 1 aromatic carbocycles. The van der Waals surface area contributed by atoms with E-state index in [2.05, 4.69) is 46.8 Å². The topological polar surface area (TPSA) is 46.2 Å². The maximum Gasteiger partial charge on any atom is 0.174 e. The average molecular weight is 348 g/mol. The van der Waals surface area contributed by atoms with Gasteiger partial charge in [0, 0.05) is 17.6 Å². The van der Waals surface area contributed by atoms with Gasteiger partial charge >= 0.3 is 0 Å². The molecule has 0 spiro atoms. The molecule has 0 aliphatic heterocycles. The lowest BCUT2D eigenvalue weighted by Gasteiger charge is -2.12. The number of nitrogens with zero attached hydrogens (tertiary/aromatic N) is 1. The van der Waals surface area contributed by atoms with Crippen molar-refractivity contribution in [3.05, 3.63) is 48.2 Å². The largest absolute Gasteiger partial charge is 0.493 e. The Kier molecular flexibility index (Phi) is 7.16. The number of hydrogen-bond donors (Lipinski definition) is 2. The molecule has 2 aromatic rings. The molecule has 0 saturated heterocycles. The van der Waals surface area contributed by atoms with E-state index in [9.17, 15) is 0 Å². The van der Waals surface area contributed by atoms with Crippen molar-refractivity contribution in [2.24, 2.45) is 0 Å². The number of nitrogens with one attached hydrogen (secondary N) is 2. The van der Waals surface area contributed by atoms with Crippen LogP contribution in [0.5, 0.6) is 5.75 Å². The predicted molar refractivity (Wildman–Crippen MR) is 102 cm³/mol. The smallest absolute Gasteiger partial charge is 0.174 e. The van der Waals surface area contributed by atoms with Crippen molar-refractivity contribution in [1.82, 2.24) is 10.3 Å². The van der Waals surface area contributed by atoms with Crippen molar-refractivity contribution in [3.63, 3.8) is 0 Å². The number of ether oxygens (including phenoxy) is 1. The van der Waals surface area contributed by atoms with E-state index in [0.29, 0.717) is 16.7 Å². The van der Waals surface area contributed by atoms with Crippen LogP contribution in [0.1, 0.15) is 12.0 Å². The van der Waals surface area contributed by atoms with Gasteiger partial charge in [0.15, 0.2) is 16.7 Å². The van der Waals surface area contributed by atoms with Crippen molar-refractivity contribution >= 4 is 34.9 Å². The van der Waals surface area contributed by atoms with E-state index in [1.165, 1.54) is 10.5 Å². The van der Waals surface area contributed by atoms with Gasteiger partial charge < -0.3 is 15.4 Å². The molecule has 2 rings (SSSR count). The zero-order valence-corrected chi connectivity index (χ0v) is 15.0. The maximum absolute atomic E-state index is 5.28. The SMILES string of the molecule is COc1cccnc1NC(=S)NCCCSc1ccc(C)cc1. The molecular formula is C17H21N3OS2. The Morgan fingerprint density at radius 3 is 2.78 bits per heavy atom. The first-order valence-corrected chi connectivity index (χ1v) is 8.82. The minimum absolute atomic E-state index is 0.558. The molecule has 0 atom stereocenters. The van der Waals surface area contributed by atoms with E-state index in [1.54, 1.807) is 13.3 Å². The highest BCUT2D eigenvalue weighted by Gasteiger charge is 2.04. The van der Waals surface area contributed by atoms with E-state index < -0.39 is 0 Å². The Labute approximate surface area is 147 Å². The lowest BCUT2D eigenvalue weighted by molar-refractivity contribution is 0.415. The first-order chi connectivity index (χ1) is 11.2. The standard InChI is InChI=1S/C17H21N3OS2/c1-13-6-8-14(9-7-13)23-12-4-11-19-17(22)20-16-15(21-2)5-3-10-18-16/h3,5-10H,4,11-12H2,1-2H3,(H2,18,19,20,22). The number of rotatable bonds is 7. The summed E-state index contributed by atoms with van der Waals surface area (Å²) in [5, 5.41) is 6.80. The summed E-state index contributed by atoms with van der Waals surface area (Å²) < 4.78 is 5.23. The second kappa shape index (κ2) is 9.37. The third kappa shape index (κ3) is 6.08. The molecule has 0 aliphatic carbocycles. The van der Waals surface area contributed by atoms with Gasteiger partial charge in [0.25, 0.3) is 0 Å². The van der Waals surface area contributed by atoms with Gasteiger partial charge in [-0.1, -0.05) is 17.7 Å². The number of aromatic nitrogens is 1. The molecule has 4 nitrogen and oxygen atoms in total.